The largest absolute Gasteiger partial charge is 0.493 e. The zero-order valence-corrected chi connectivity index (χ0v) is 11.4. The number of ether oxygens (including phenoxy) is 1. The van der Waals surface area contributed by atoms with E-state index in [0.717, 1.165) is 34.3 Å². The van der Waals surface area contributed by atoms with Crippen molar-refractivity contribution in [1.82, 2.24) is 9.78 Å². The van der Waals surface area contributed by atoms with Gasteiger partial charge >= 0.3 is 0 Å². The van der Waals surface area contributed by atoms with Crippen LogP contribution in [0.3, 0.4) is 0 Å². The van der Waals surface area contributed by atoms with Gasteiger partial charge in [0.15, 0.2) is 0 Å². The number of aromatic nitrogens is 2. The Balaban J connectivity index is 1.78. The molecule has 0 unspecified atom stereocenters. The van der Waals surface area contributed by atoms with Crippen LogP contribution in [0.15, 0.2) is 48.7 Å². The number of rotatable bonds is 4. The summed E-state index contributed by atoms with van der Waals surface area (Å²) in [7, 11) is 1.94. The van der Waals surface area contributed by atoms with E-state index in [2.05, 4.69) is 5.10 Å². The van der Waals surface area contributed by atoms with Gasteiger partial charge in [-0.3, -0.25) is 4.68 Å². The number of anilines is 1. The first-order valence-corrected chi connectivity index (χ1v) is 6.62. The summed E-state index contributed by atoms with van der Waals surface area (Å²) in [6.07, 6.45) is 2.63. The minimum absolute atomic E-state index is 0.618. The van der Waals surface area contributed by atoms with Crippen LogP contribution in [0.1, 0.15) is 5.69 Å². The average molecular weight is 267 g/mol. The molecule has 2 aromatic carbocycles. The SMILES string of the molecule is Cn1nccc1CCOc1ccc(N)c2ccccc12. The van der Waals surface area contributed by atoms with E-state index in [-0.39, 0.29) is 0 Å². The lowest BCUT2D eigenvalue weighted by Gasteiger charge is -2.11. The van der Waals surface area contributed by atoms with E-state index < -0.39 is 0 Å². The monoisotopic (exact) mass is 267 g/mol. The van der Waals surface area contributed by atoms with Gasteiger partial charge in [-0.25, -0.2) is 0 Å². The van der Waals surface area contributed by atoms with Gasteiger partial charge in [-0.1, -0.05) is 24.3 Å². The smallest absolute Gasteiger partial charge is 0.127 e. The summed E-state index contributed by atoms with van der Waals surface area (Å²) < 4.78 is 7.77. The third kappa shape index (κ3) is 2.32. The molecule has 0 aliphatic heterocycles. The van der Waals surface area contributed by atoms with Crippen molar-refractivity contribution in [3.63, 3.8) is 0 Å². The Hall–Kier alpha value is -2.49. The fourth-order valence-electron chi connectivity index (χ4n) is 2.33. The van der Waals surface area contributed by atoms with Crippen LogP contribution in [0.2, 0.25) is 0 Å². The van der Waals surface area contributed by atoms with Crippen molar-refractivity contribution < 1.29 is 4.74 Å². The molecule has 0 fully saturated rings. The van der Waals surface area contributed by atoms with Crippen molar-refractivity contribution in [3.8, 4) is 5.75 Å². The normalized spacial score (nSPS) is 10.8. The molecule has 1 heterocycles. The van der Waals surface area contributed by atoms with Crippen LogP contribution < -0.4 is 10.5 Å². The molecule has 0 saturated heterocycles. The molecule has 0 aliphatic rings. The Morgan fingerprint density at radius 1 is 1.10 bits per heavy atom. The molecule has 4 nitrogen and oxygen atoms in total. The molecule has 0 bridgehead atoms. The van der Waals surface area contributed by atoms with Crippen LogP contribution >= 0.6 is 0 Å². The summed E-state index contributed by atoms with van der Waals surface area (Å²) >= 11 is 0. The van der Waals surface area contributed by atoms with E-state index in [0.29, 0.717) is 6.61 Å². The highest BCUT2D eigenvalue weighted by Gasteiger charge is 2.05. The second-order valence-electron chi connectivity index (χ2n) is 4.74. The zero-order valence-electron chi connectivity index (χ0n) is 11.4. The van der Waals surface area contributed by atoms with Crippen LogP contribution in [-0.2, 0) is 13.5 Å². The van der Waals surface area contributed by atoms with Gasteiger partial charge in [0.2, 0.25) is 0 Å². The molecule has 3 rings (SSSR count). The first-order valence-electron chi connectivity index (χ1n) is 6.62. The topological polar surface area (TPSA) is 53.1 Å². The number of benzene rings is 2. The third-order valence-electron chi connectivity index (χ3n) is 3.46. The molecule has 0 saturated carbocycles. The molecule has 0 radical (unpaired) electrons. The maximum Gasteiger partial charge on any atom is 0.127 e. The Labute approximate surface area is 117 Å². The van der Waals surface area contributed by atoms with Crippen molar-refractivity contribution in [2.45, 2.75) is 6.42 Å². The average Bonchev–Trinajstić information content (AvgIpc) is 2.87. The molecule has 2 N–H and O–H groups in total. The molecule has 0 spiro atoms. The van der Waals surface area contributed by atoms with Gasteiger partial charge in [-0.15, -0.1) is 0 Å². The lowest BCUT2D eigenvalue weighted by Crippen LogP contribution is -2.06. The minimum Gasteiger partial charge on any atom is -0.493 e. The van der Waals surface area contributed by atoms with Gasteiger partial charge < -0.3 is 10.5 Å². The van der Waals surface area contributed by atoms with E-state index in [4.69, 9.17) is 10.5 Å². The molecule has 1 aromatic heterocycles. The van der Waals surface area contributed by atoms with Crippen LogP contribution in [0.25, 0.3) is 10.8 Å². The van der Waals surface area contributed by atoms with E-state index in [1.807, 2.05) is 54.2 Å². The molecule has 0 atom stereocenters. The minimum atomic E-state index is 0.618. The highest BCUT2D eigenvalue weighted by atomic mass is 16.5. The molecule has 3 aromatic rings. The van der Waals surface area contributed by atoms with Crippen LogP contribution in [0, 0.1) is 0 Å². The summed E-state index contributed by atoms with van der Waals surface area (Å²) in [5.74, 6) is 0.872. The van der Waals surface area contributed by atoms with Gasteiger partial charge in [0, 0.05) is 41.8 Å². The molecular formula is C16H17N3O. The number of fused-ring (bicyclic) bond motifs is 1. The van der Waals surface area contributed by atoms with Crippen molar-refractivity contribution >= 4 is 16.5 Å². The Morgan fingerprint density at radius 2 is 1.90 bits per heavy atom. The second kappa shape index (κ2) is 5.25. The first kappa shape index (κ1) is 12.5. The van der Waals surface area contributed by atoms with Crippen molar-refractivity contribution in [2.75, 3.05) is 12.3 Å². The fourth-order valence-corrected chi connectivity index (χ4v) is 2.33. The summed E-state index contributed by atoms with van der Waals surface area (Å²) in [6.45, 7) is 0.618. The molecule has 20 heavy (non-hydrogen) atoms. The van der Waals surface area contributed by atoms with Crippen molar-refractivity contribution in [3.05, 3.63) is 54.4 Å². The van der Waals surface area contributed by atoms with E-state index in [9.17, 15) is 0 Å². The third-order valence-corrected chi connectivity index (χ3v) is 3.46. The lowest BCUT2D eigenvalue weighted by atomic mass is 10.1. The first-order chi connectivity index (χ1) is 9.75. The molecule has 0 aliphatic carbocycles. The van der Waals surface area contributed by atoms with Gasteiger partial charge in [-0.05, 0) is 18.2 Å². The predicted octanol–water partition coefficient (Wildman–Crippen LogP) is 2.78. The fraction of sp³-hybridized carbons (Fsp3) is 0.188. The van der Waals surface area contributed by atoms with Crippen LogP contribution in [0.5, 0.6) is 5.75 Å². The summed E-state index contributed by atoms with van der Waals surface area (Å²) in [5.41, 5.74) is 7.92. The highest BCUT2D eigenvalue weighted by Crippen LogP contribution is 2.29. The molecule has 102 valence electrons. The number of aryl methyl sites for hydroxylation is 1. The maximum absolute atomic E-state index is 5.98. The van der Waals surface area contributed by atoms with E-state index >= 15 is 0 Å². The number of hydrogen-bond donors (Lipinski definition) is 1. The highest BCUT2D eigenvalue weighted by molar-refractivity contribution is 5.96. The maximum atomic E-state index is 5.98. The molecule has 4 heteroatoms. The number of nitrogens with zero attached hydrogens (tertiary/aromatic N) is 2. The van der Waals surface area contributed by atoms with Gasteiger partial charge in [0.1, 0.15) is 5.75 Å². The lowest BCUT2D eigenvalue weighted by molar-refractivity contribution is 0.322. The molecule has 0 amide bonds. The van der Waals surface area contributed by atoms with Crippen molar-refractivity contribution in [2.24, 2.45) is 7.05 Å². The van der Waals surface area contributed by atoms with Gasteiger partial charge in [-0.2, -0.15) is 5.10 Å². The summed E-state index contributed by atoms with van der Waals surface area (Å²) in [4.78, 5) is 0. The van der Waals surface area contributed by atoms with Gasteiger partial charge in [0.25, 0.3) is 0 Å². The second-order valence-corrected chi connectivity index (χ2v) is 4.74. The Bertz CT molecular complexity index is 733. The predicted molar refractivity (Wildman–Crippen MR) is 80.8 cm³/mol. The van der Waals surface area contributed by atoms with E-state index in [1.165, 1.54) is 0 Å². The summed E-state index contributed by atoms with van der Waals surface area (Å²) in [5, 5.41) is 6.23. The zero-order chi connectivity index (χ0) is 13.9. The quantitative estimate of drug-likeness (QED) is 0.739. The van der Waals surface area contributed by atoms with Crippen molar-refractivity contribution in [1.29, 1.82) is 0 Å². The number of nitrogen functional groups attached to an aromatic ring is 1. The summed E-state index contributed by atoms with van der Waals surface area (Å²) in [6, 6.07) is 13.9. The Kier molecular flexibility index (Phi) is 3.29. The number of nitrogens with two attached hydrogens (primary N) is 1. The van der Waals surface area contributed by atoms with Crippen LogP contribution in [0.4, 0.5) is 5.69 Å². The van der Waals surface area contributed by atoms with Gasteiger partial charge in [0.05, 0.1) is 6.61 Å². The number of hydrogen-bond acceptors (Lipinski definition) is 3. The van der Waals surface area contributed by atoms with Crippen LogP contribution in [-0.4, -0.2) is 16.4 Å². The Morgan fingerprint density at radius 3 is 2.65 bits per heavy atom. The standard InChI is InChI=1S/C16H17N3O/c1-19-12(8-10-18-19)9-11-20-16-7-6-15(17)13-4-2-3-5-14(13)16/h2-8,10H,9,11,17H2,1H3. The molecular weight excluding hydrogens is 250 g/mol. The van der Waals surface area contributed by atoms with E-state index in [1.54, 1.807) is 6.20 Å².